The molecule has 2 aromatic rings. The van der Waals surface area contributed by atoms with Crippen molar-refractivity contribution in [1.29, 1.82) is 0 Å². The predicted octanol–water partition coefficient (Wildman–Crippen LogP) is 2.60. The van der Waals surface area contributed by atoms with Crippen molar-refractivity contribution in [3.05, 3.63) is 20.8 Å². The molecule has 19 heavy (non-hydrogen) atoms. The molecular formula is C11H13BrN4O2S. The maximum atomic E-state index is 11.7. The topological polar surface area (TPSA) is 79.9 Å². The van der Waals surface area contributed by atoms with E-state index in [1.807, 2.05) is 6.07 Å². The highest BCUT2D eigenvalue weighted by molar-refractivity contribution is 9.11. The van der Waals surface area contributed by atoms with Gasteiger partial charge in [-0.05, 0) is 40.9 Å². The highest BCUT2D eigenvalue weighted by Gasteiger charge is 2.07. The molecule has 8 heteroatoms. The Kier molecular flexibility index (Phi) is 4.92. The van der Waals surface area contributed by atoms with Gasteiger partial charge in [-0.2, -0.15) is 4.98 Å². The molecule has 0 aromatic carbocycles. The van der Waals surface area contributed by atoms with E-state index >= 15 is 0 Å². The van der Waals surface area contributed by atoms with Gasteiger partial charge in [0.05, 0.1) is 10.9 Å². The van der Waals surface area contributed by atoms with Gasteiger partial charge in [0.25, 0.3) is 0 Å². The smallest absolute Gasteiger partial charge is 0.336 e. The van der Waals surface area contributed by atoms with Crippen molar-refractivity contribution in [2.45, 2.75) is 19.3 Å². The number of aryl methyl sites for hydroxylation is 1. The normalized spacial score (nSPS) is 10.4. The van der Waals surface area contributed by atoms with Crippen LogP contribution in [0.4, 0.5) is 5.95 Å². The monoisotopic (exact) mass is 344 g/mol. The number of hydrogen-bond donors (Lipinski definition) is 2. The largest absolute Gasteiger partial charge is 0.466 e. The molecule has 6 nitrogen and oxygen atoms in total. The minimum Gasteiger partial charge on any atom is -0.466 e. The number of nitrogens with one attached hydrogen (secondary N) is 2. The quantitative estimate of drug-likeness (QED) is 0.843. The van der Waals surface area contributed by atoms with Gasteiger partial charge in [0.1, 0.15) is 0 Å². The molecule has 0 atom stereocenters. The number of anilines is 1. The minimum atomic E-state index is -0.0885. The van der Waals surface area contributed by atoms with E-state index in [0.717, 1.165) is 16.6 Å². The van der Waals surface area contributed by atoms with Crippen LogP contribution in [-0.2, 0) is 11.2 Å². The van der Waals surface area contributed by atoms with Crippen molar-refractivity contribution in [2.75, 3.05) is 12.4 Å². The fraction of sp³-hybridized carbons (Fsp3) is 0.364. The van der Waals surface area contributed by atoms with Crippen LogP contribution in [0.1, 0.15) is 17.7 Å². The molecule has 0 radical (unpaired) electrons. The Labute approximate surface area is 122 Å². The molecule has 0 fully saturated rings. The second-order valence-electron chi connectivity index (χ2n) is 3.78. The van der Waals surface area contributed by atoms with Crippen LogP contribution < -0.4 is 10.1 Å². The van der Waals surface area contributed by atoms with E-state index in [1.165, 1.54) is 12.0 Å². The van der Waals surface area contributed by atoms with Gasteiger partial charge in [-0.1, -0.05) is 0 Å². The van der Waals surface area contributed by atoms with Crippen molar-refractivity contribution < 1.29 is 9.53 Å². The summed E-state index contributed by atoms with van der Waals surface area (Å²) in [6, 6.07) is 4.29. The van der Waals surface area contributed by atoms with E-state index in [4.69, 9.17) is 4.74 Å². The van der Waals surface area contributed by atoms with Crippen molar-refractivity contribution >= 4 is 39.1 Å². The van der Waals surface area contributed by atoms with Gasteiger partial charge in [-0.3, -0.25) is 10.1 Å². The summed E-state index contributed by atoms with van der Waals surface area (Å²) in [5.74, 6) is 0.218. The summed E-state index contributed by atoms with van der Waals surface area (Å²) in [5.41, 5.74) is 0. The molecule has 0 bridgehead atoms. The Hall–Kier alpha value is -1.41. The van der Waals surface area contributed by atoms with Crippen LogP contribution in [0.2, 0.25) is 0 Å². The Morgan fingerprint density at radius 2 is 2.42 bits per heavy atom. The first kappa shape index (κ1) is 14.0. The lowest BCUT2D eigenvalue weighted by Gasteiger charge is -2.00. The number of rotatable bonds is 6. The second kappa shape index (κ2) is 6.67. The molecule has 0 spiro atoms. The highest BCUT2D eigenvalue weighted by Crippen LogP contribution is 2.23. The van der Waals surface area contributed by atoms with Crippen LogP contribution in [0.15, 0.2) is 15.9 Å². The van der Waals surface area contributed by atoms with Crippen LogP contribution in [0.5, 0.6) is 6.01 Å². The molecule has 0 aliphatic carbocycles. The number of ether oxygens (including phenoxy) is 1. The first-order valence-corrected chi connectivity index (χ1v) is 7.29. The molecule has 0 saturated heterocycles. The van der Waals surface area contributed by atoms with Gasteiger partial charge < -0.3 is 4.74 Å². The molecule has 1 amide bonds. The summed E-state index contributed by atoms with van der Waals surface area (Å²) in [7, 11) is 1.47. The molecule has 2 heterocycles. The number of carbonyl (C=O) groups is 1. The average molecular weight is 345 g/mol. The number of nitrogens with zero attached hydrogens (tertiary/aromatic N) is 2. The summed E-state index contributed by atoms with van der Waals surface area (Å²) in [6.07, 6.45) is 2.13. The number of amides is 1. The third kappa shape index (κ3) is 4.32. The lowest BCUT2D eigenvalue weighted by molar-refractivity contribution is -0.116. The number of thiophene rings is 1. The van der Waals surface area contributed by atoms with Gasteiger partial charge in [0.15, 0.2) is 0 Å². The van der Waals surface area contributed by atoms with Crippen LogP contribution in [0.3, 0.4) is 0 Å². The van der Waals surface area contributed by atoms with E-state index in [0.29, 0.717) is 12.4 Å². The number of H-pyrrole nitrogens is 1. The molecule has 0 unspecified atom stereocenters. The molecule has 0 aliphatic heterocycles. The summed E-state index contributed by atoms with van der Waals surface area (Å²) in [6.45, 7) is 0. The third-order valence-electron chi connectivity index (χ3n) is 2.36. The first-order chi connectivity index (χ1) is 9.17. The van der Waals surface area contributed by atoms with E-state index < -0.39 is 0 Å². The van der Waals surface area contributed by atoms with Crippen molar-refractivity contribution in [3.8, 4) is 6.01 Å². The van der Waals surface area contributed by atoms with Gasteiger partial charge in [0, 0.05) is 11.3 Å². The van der Waals surface area contributed by atoms with Gasteiger partial charge in [-0.15, -0.1) is 16.4 Å². The third-order valence-corrected chi connectivity index (χ3v) is 4.04. The second-order valence-corrected chi connectivity index (χ2v) is 6.33. The average Bonchev–Trinajstić information content (AvgIpc) is 2.98. The number of methoxy groups -OCH3 is 1. The summed E-state index contributed by atoms with van der Waals surface area (Å²) < 4.78 is 5.92. The SMILES string of the molecule is COc1n[nH]c(NC(=O)CCCc2ccc(Br)s2)n1. The number of aromatic amines is 1. The van der Waals surface area contributed by atoms with Crippen LogP contribution in [0, 0.1) is 0 Å². The summed E-state index contributed by atoms with van der Waals surface area (Å²) >= 11 is 5.10. The van der Waals surface area contributed by atoms with E-state index in [2.05, 4.69) is 42.5 Å². The first-order valence-electron chi connectivity index (χ1n) is 5.68. The minimum absolute atomic E-state index is 0.0885. The molecule has 0 aliphatic rings. The van der Waals surface area contributed by atoms with E-state index in [9.17, 15) is 4.79 Å². The zero-order chi connectivity index (χ0) is 13.7. The van der Waals surface area contributed by atoms with Gasteiger partial charge >= 0.3 is 6.01 Å². The zero-order valence-electron chi connectivity index (χ0n) is 10.3. The van der Waals surface area contributed by atoms with Crippen LogP contribution in [0.25, 0.3) is 0 Å². The molecule has 0 saturated carbocycles. The highest BCUT2D eigenvalue weighted by atomic mass is 79.9. The molecule has 2 aromatic heterocycles. The fourth-order valence-corrected chi connectivity index (χ4v) is 3.02. The van der Waals surface area contributed by atoms with Crippen LogP contribution in [-0.4, -0.2) is 28.2 Å². The van der Waals surface area contributed by atoms with Crippen molar-refractivity contribution in [1.82, 2.24) is 15.2 Å². The maximum Gasteiger partial charge on any atom is 0.336 e. The van der Waals surface area contributed by atoms with E-state index in [-0.39, 0.29) is 11.9 Å². The number of carbonyl (C=O) groups excluding carboxylic acids is 1. The van der Waals surface area contributed by atoms with Gasteiger partial charge in [-0.25, -0.2) is 5.10 Å². The fourth-order valence-electron chi connectivity index (χ4n) is 1.50. The van der Waals surface area contributed by atoms with Gasteiger partial charge in [0.2, 0.25) is 11.9 Å². The summed E-state index contributed by atoms with van der Waals surface area (Å²) in [4.78, 5) is 16.8. The Morgan fingerprint density at radius 1 is 1.58 bits per heavy atom. The summed E-state index contributed by atoms with van der Waals surface area (Å²) in [5, 5.41) is 8.95. The standard InChI is InChI=1S/C11H13BrN4O2S/c1-18-11-14-10(15-16-11)13-9(17)4-2-3-7-5-6-8(12)19-7/h5-6H,2-4H2,1H3,(H2,13,14,15,16,17). The lowest BCUT2D eigenvalue weighted by atomic mass is 10.2. The number of aromatic nitrogens is 3. The molecular weight excluding hydrogens is 332 g/mol. The molecule has 2 rings (SSSR count). The van der Waals surface area contributed by atoms with Crippen LogP contribution >= 0.6 is 27.3 Å². The Balaban J connectivity index is 1.72. The van der Waals surface area contributed by atoms with E-state index in [1.54, 1.807) is 11.3 Å². The Bertz CT molecular complexity index is 554. The lowest BCUT2D eigenvalue weighted by Crippen LogP contribution is -2.12. The molecule has 2 N–H and O–H groups in total. The Morgan fingerprint density at radius 3 is 3.05 bits per heavy atom. The maximum absolute atomic E-state index is 11.7. The number of hydrogen-bond acceptors (Lipinski definition) is 5. The molecule has 102 valence electrons. The van der Waals surface area contributed by atoms with Crippen molar-refractivity contribution in [2.24, 2.45) is 0 Å². The predicted molar refractivity (Wildman–Crippen MR) is 76.5 cm³/mol. The zero-order valence-corrected chi connectivity index (χ0v) is 12.7. The van der Waals surface area contributed by atoms with Crippen molar-refractivity contribution in [3.63, 3.8) is 0 Å². The number of halogens is 1.